The third-order valence-corrected chi connectivity index (χ3v) is 12.6. The van der Waals surface area contributed by atoms with Crippen molar-refractivity contribution < 1.29 is 4.74 Å². The highest BCUT2D eigenvalue weighted by Gasteiger charge is 2.48. The van der Waals surface area contributed by atoms with Gasteiger partial charge in [0.1, 0.15) is 5.75 Å². The van der Waals surface area contributed by atoms with Gasteiger partial charge in [0.25, 0.3) is 0 Å². The number of nitrogens with zero attached hydrogens (tertiary/aromatic N) is 3. The lowest BCUT2D eigenvalue weighted by molar-refractivity contribution is 0.163. The van der Waals surface area contributed by atoms with Gasteiger partial charge in [-0.2, -0.15) is 0 Å². The molecule has 1 aliphatic heterocycles. The molecular weight excluding hydrogens is 695 g/mol. The molecule has 1 spiro atoms. The van der Waals surface area contributed by atoms with E-state index < -0.39 is 5.60 Å². The average Bonchev–Trinajstić information content (AvgIpc) is 3.38. The molecule has 4 nitrogen and oxygen atoms in total. The molecule has 1 saturated carbocycles. The highest BCUT2D eigenvalue weighted by molar-refractivity contribution is 6.08. The Labute approximate surface area is 333 Å². The van der Waals surface area contributed by atoms with Crippen LogP contribution < -0.4 is 4.74 Å². The van der Waals surface area contributed by atoms with Crippen molar-refractivity contribution in [2.75, 3.05) is 0 Å². The van der Waals surface area contributed by atoms with Gasteiger partial charge in [-0.1, -0.05) is 196 Å². The van der Waals surface area contributed by atoms with E-state index in [0.717, 1.165) is 51.8 Å². The fourth-order valence-corrected chi connectivity index (χ4v) is 9.94. The summed E-state index contributed by atoms with van der Waals surface area (Å²) >= 11 is 0. The minimum atomic E-state index is -0.866. The summed E-state index contributed by atoms with van der Waals surface area (Å²) in [6, 6.07) is 57.7. The third kappa shape index (κ3) is 5.38. The molecule has 2 heterocycles. The minimum Gasteiger partial charge on any atom is -0.472 e. The van der Waals surface area contributed by atoms with Gasteiger partial charge < -0.3 is 4.74 Å². The highest BCUT2D eigenvalue weighted by Crippen LogP contribution is 2.61. The summed E-state index contributed by atoms with van der Waals surface area (Å²) in [4.78, 5) is 14.9. The second kappa shape index (κ2) is 13.5. The lowest BCUT2D eigenvalue weighted by Gasteiger charge is -2.39. The number of rotatable bonds is 5. The van der Waals surface area contributed by atoms with Gasteiger partial charge in [0.05, 0.1) is 0 Å². The van der Waals surface area contributed by atoms with Gasteiger partial charge in [0, 0.05) is 44.2 Å². The maximum absolute atomic E-state index is 7.67. The minimum absolute atomic E-state index is 0.0274. The summed E-state index contributed by atoms with van der Waals surface area (Å²) in [5.41, 5.74) is 11.0. The van der Waals surface area contributed by atoms with Crippen LogP contribution in [0, 0.1) is 0 Å². The molecule has 8 aromatic rings. The van der Waals surface area contributed by atoms with Crippen molar-refractivity contribution in [1.82, 2.24) is 15.0 Å². The summed E-state index contributed by atoms with van der Waals surface area (Å²) in [7, 11) is 0. The molecule has 0 N–H and O–H groups in total. The van der Waals surface area contributed by atoms with Crippen molar-refractivity contribution in [3.63, 3.8) is 0 Å². The van der Waals surface area contributed by atoms with E-state index in [1.165, 1.54) is 58.9 Å². The summed E-state index contributed by atoms with van der Waals surface area (Å²) in [5, 5.41) is 2.42. The summed E-state index contributed by atoms with van der Waals surface area (Å²) in [6.45, 7) is 0. The van der Waals surface area contributed by atoms with Gasteiger partial charge >= 0.3 is 0 Å². The Morgan fingerprint density at radius 2 is 0.965 bits per heavy atom. The molecule has 0 saturated heterocycles. The molecule has 274 valence electrons. The van der Waals surface area contributed by atoms with Crippen LogP contribution in [0.2, 0.25) is 0 Å². The summed E-state index contributed by atoms with van der Waals surface area (Å²) < 4.78 is 7.67. The maximum atomic E-state index is 7.67. The van der Waals surface area contributed by atoms with E-state index in [4.69, 9.17) is 19.7 Å². The van der Waals surface area contributed by atoms with Gasteiger partial charge in [-0.05, 0) is 46.6 Å². The summed E-state index contributed by atoms with van der Waals surface area (Å²) in [5.74, 6) is 2.89. The number of ether oxygens (including phenoxy) is 1. The van der Waals surface area contributed by atoms with E-state index in [9.17, 15) is 0 Å². The second-order valence-electron chi connectivity index (χ2n) is 15.7. The van der Waals surface area contributed by atoms with Crippen molar-refractivity contribution in [3.8, 4) is 51.0 Å². The molecular formula is C53H41N3O. The molecule has 2 aliphatic carbocycles. The second-order valence-corrected chi connectivity index (χ2v) is 15.7. The lowest BCUT2D eigenvalue weighted by atomic mass is 9.70. The van der Waals surface area contributed by atoms with Crippen LogP contribution in [-0.4, -0.2) is 15.0 Å². The maximum Gasteiger partial charge on any atom is 0.178 e. The van der Waals surface area contributed by atoms with Gasteiger partial charge in [0.2, 0.25) is 0 Å². The molecule has 1 aromatic heterocycles. The average molecular weight is 736 g/mol. The van der Waals surface area contributed by atoms with Crippen LogP contribution in [0.5, 0.6) is 5.75 Å². The Morgan fingerprint density at radius 1 is 0.456 bits per heavy atom. The monoisotopic (exact) mass is 735 g/mol. The number of fused-ring (bicyclic) bond motifs is 10. The fraction of sp³-hybridized carbons (Fsp3) is 0.151. The molecule has 0 bridgehead atoms. The van der Waals surface area contributed by atoms with E-state index in [0.29, 0.717) is 17.5 Å². The van der Waals surface area contributed by atoms with Crippen molar-refractivity contribution in [1.29, 1.82) is 0 Å². The van der Waals surface area contributed by atoms with E-state index in [1.54, 1.807) is 0 Å². The van der Waals surface area contributed by atoms with Crippen molar-refractivity contribution in [2.45, 2.75) is 49.5 Å². The molecule has 0 radical (unpaired) electrons. The van der Waals surface area contributed by atoms with Crippen molar-refractivity contribution in [3.05, 3.63) is 198 Å². The molecule has 0 amide bonds. The van der Waals surface area contributed by atoms with Gasteiger partial charge in [-0.15, -0.1) is 0 Å². The molecule has 3 aliphatic rings. The third-order valence-electron chi connectivity index (χ3n) is 12.6. The first-order valence-corrected chi connectivity index (χ1v) is 20.3. The van der Waals surface area contributed by atoms with E-state index in [1.807, 2.05) is 60.7 Å². The van der Waals surface area contributed by atoms with Crippen LogP contribution in [-0.2, 0) is 11.0 Å². The molecule has 11 rings (SSSR count). The highest BCUT2D eigenvalue weighted by atomic mass is 16.5. The lowest BCUT2D eigenvalue weighted by Crippen LogP contribution is -2.35. The normalized spacial score (nSPS) is 17.7. The molecule has 1 atom stereocenters. The first-order valence-electron chi connectivity index (χ1n) is 20.3. The predicted molar refractivity (Wildman–Crippen MR) is 231 cm³/mol. The van der Waals surface area contributed by atoms with Crippen molar-refractivity contribution >= 4 is 16.8 Å². The number of hydrogen-bond donors (Lipinski definition) is 0. The van der Waals surface area contributed by atoms with Crippen molar-refractivity contribution in [2.24, 2.45) is 0 Å². The molecule has 1 fully saturated rings. The Balaban J connectivity index is 1.08. The van der Waals surface area contributed by atoms with E-state index in [-0.39, 0.29) is 5.41 Å². The van der Waals surface area contributed by atoms with Gasteiger partial charge in [0.15, 0.2) is 23.1 Å². The smallest absolute Gasteiger partial charge is 0.178 e. The van der Waals surface area contributed by atoms with Crippen LogP contribution in [0.1, 0.15) is 66.3 Å². The topological polar surface area (TPSA) is 47.9 Å². The Hall–Kier alpha value is -6.65. The van der Waals surface area contributed by atoms with E-state index >= 15 is 0 Å². The molecule has 1 unspecified atom stereocenters. The molecule has 7 aromatic carbocycles. The molecule has 57 heavy (non-hydrogen) atoms. The number of aromatic nitrogens is 3. The first kappa shape index (κ1) is 33.7. The Morgan fingerprint density at radius 3 is 1.60 bits per heavy atom. The van der Waals surface area contributed by atoms with Crippen LogP contribution in [0.4, 0.5) is 0 Å². The first-order chi connectivity index (χ1) is 28.2. The predicted octanol–water partition coefficient (Wildman–Crippen LogP) is 13.0. The standard InChI is InChI=1S/C53H41N3O/c1-2-17-34-52(33-16-1)45-27-15-14-26-43(45)46-41-24-12-13-25-42(41)48-44(47(46)52)32-35-53(57-48,39-22-10-5-11-23-39)40-30-28-38(29-31-40)51-55-49(36-18-6-3-7-19-36)54-50(56-51)37-20-8-4-9-21-37/h3-15,18-32,35H,1-2,16-17,33-34H2. The van der Waals surface area contributed by atoms with Gasteiger partial charge in [-0.25, -0.2) is 15.0 Å². The Kier molecular flexibility index (Phi) is 7.99. The van der Waals surface area contributed by atoms with Crippen LogP contribution in [0.15, 0.2) is 170 Å². The van der Waals surface area contributed by atoms with Gasteiger partial charge in [-0.3, -0.25) is 0 Å². The van der Waals surface area contributed by atoms with Crippen LogP contribution in [0.3, 0.4) is 0 Å². The summed E-state index contributed by atoms with van der Waals surface area (Å²) in [6.07, 6.45) is 12.1. The zero-order valence-electron chi connectivity index (χ0n) is 31.7. The van der Waals surface area contributed by atoms with Crippen LogP contribution in [0.25, 0.3) is 62.1 Å². The molecule has 4 heteroatoms. The SMILES string of the molecule is C1=CC(c2ccccc2)(c2ccc(-c3nc(-c4ccccc4)nc(-c4ccccc4)n3)cc2)Oc2c1c1c(c3ccccc23)-c2ccccc2C12CCCCCC2. The van der Waals surface area contributed by atoms with E-state index in [2.05, 4.69) is 115 Å². The zero-order chi connectivity index (χ0) is 37.8. The Bertz CT molecular complexity index is 2750. The largest absolute Gasteiger partial charge is 0.472 e. The fourth-order valence-electron chi connectivity index (χ4n) is 9.94. The quantitative estimate of drug-likeness (QED) is 0.177. The number of hydrogen-bond acceptors (Lipinski definition) is 4. The van der Waals surface area contributed by atoms with Crippen LogP contribution >= 0.6 is 0 Å². The number of benzene rings is 7. The zero-order valence-corrected chi connectivity index (χ0v) is 31.7.